The first-order valence-electron chi connectivity index (χ1n) is 32.9. The van der Waals surface area contributed by atoms with Gasteiger partial charge in [0.1, 0.15) is 35.4 Å². The first kappa shape index (κ1) is 75.6. The summed E-state index contributed by atoms with van der Waals surface area (Å²) in [7, 11) is 2.75. The number of Topliss-reactive ketones (excluding diaryl/α,β-unsaturated/α-hetero) is 3. The number of esters is 2. The summed E-state index contributed by atoms with van der Waals surface area (Å²) in [6.07, 6.45) is 13.7. The average molecular weight is 1320 g/mol. The summed E-state index contributed by atoms with van der Waals surface area (Å²) in [6.45, 7) is 6.12. The number of ketones is 3. The molecule has 0 radical (unpaired) electrons. The Labute approximate surface area is 557 Å². The van der Waals surface area contributed by atoms with Gasteiger partial charge in [0.2, 0.25) is 0 Å². The van der Waals surface area contributed by atoms with Crippen molar-refractivity contribution in [1.82, 2.24) is 4.98 Å². The normalized spacial score (nSPS) is 21.1. The smallest absolute Gasteiger partial charge is 0.349 e. The minimum atomic E-state index is -1.05. The number of alkyl halides is 1. The van der Waals surface area contributed by atoms with Crippen LogP contribution in [0.2, 0.25) is 0 Å². The van der Waals surface area contributed by atoms with Crippen molar-refractivity contribution < 1.29 is 73.6 Å². The second-order valence-corrected chi connectivity index (χ2v) is 26.6. The fraction of sp³-hybridized carbons (Fsp3) is 0.533. The number of aliphatic carboxylic acids is 1. The second-order valence-electron chi connectivity index (χ2n) is 25.0. The van der Waals surface area contributed by atoms with Crippen molar-refractivity contribution in [3.63, 3.8) is 0 Å². The lowest BCUT2D eigenvalue weighted by Gasteiger charge is -2.22. The van der Waals surface area contributed by atoms with E-state index >= 15 is 0 Å². The van der Waals surface area contributed by atoms with Crippen LogP contribution in [0.5, 0.6) is 0 Å². The van der Waals surface area contributed by atoms with E-state index in [1.54, 1.807) is 6.20 Å². The maximum absolute atomic E-state index is 12.7. The summed E-state index contributed by atoms with van der Waals surface area (Å²) in [5.41, 5.74) is 11.2. The van der Waals surface area contributed by atoms with Crippen LogP contribution in [0, 0.1) is 61.2 Å². The monoisotopic (exact) mass is 1320 g/mol. The zero-order chi connectivity index (χ0) is 67.4. The molecule has 0 aliphatic heterocycles. The van der Waals surface area contributed by atoms with Gasteiger partial charge in [0, 0.05) is 74.4 Å². The van der Waals surface area contributed by atoms with E-state index in [0.717, 1.165) is 97.0 Å². The molecular formula is C75H96ClNO15S. The zero-order valence-corrected chi connectivity index (χ0v) is 56.3. The van der Waals surface area contributed by atoms with Crippen LogP contribution in [0.4, 0.5) is 0 Å². The number of hydrogen-bond acceptors (Lipinski definition) is 16. The molecule has 3 aliphatic carbocycles. The van der Waals surface area contributed by atoms with E-state index in [-0.39, 0.29) is 103 Å². The third-order valence-electron chi connectivity index (χ3n) is 18.5. The number of aliphatic hydroxyl groups is 5. The Morgan fingerprint density at radius 2 is 1.28 bits per heavy atom. The number of halogens is 1. The fourth-order valence-electron chi connectivity index (χ4n) is 13.5. The number of carboxylic acids is 1. The van der Waals surface area contributed by atoms with Gasteiger partial charge in [0.25, 0.3) is 0 Å². The molecule has 3 aliphatic rings. The maximum Gasteiger partial charge on any atom is 0.349 e. The molecule has 10 atom stereocenters. The fourth-order valence-corrected chi connectivity index (χ4v) is 14.9. The predicted octanol–water partition coefficient (Wildman–Crippen LogP) is 10.8. The Kier molecular flexibility index (Phi) is 32.0. The van der Waals surface area contributed by atoms with Crippen molar-refractivity contribution in [3.05, 3.63) is 157 Å². The number of rotatable bonds is 31. The molecule has 504 valence electrons. The lowest BCUT2D eigenvalue weighted by molar-refractivity contribution is -0.142. The van der Waals surface area contributed by atoms with Gasteiger partial charge in [0.15, 0.2) is 0 Å². The molecule has 8 rings (SSSR count). The van der Waals surface area contributed by atoms with Crippen molar-refractivity contribution in [2.45, 2.75) is 179 Å². The molecule has 0 amide bonds. The first-order chi connectivity index (χ1) is 44.8. The number of hydrogen-bond donors (Lipinski definition) is 6. The van der Waals surface area contributed by atoms with E-state index in [1.807, 2.05) is 54.6 Å². The van der Waals surface area contributed by atoms with E-state index < -0.39 is 30.9 Å². The van der Waals surface area contributed by atoms with Crippen molar-refractivity contribution in [3.8, 4) is 11.8 Å². The molecule has 3 fully saturated rings. The Hall–Kier alpha value is -6.46. The van der Waals surface area contributed by atoms with Crippen LogP contribution >= 0.6 is 22.9 Å². The Bertz CT molecular complexity index is 3270. The van der Waals surface area contributed by atoms with Crippen molar-refractivity contribution in [2.24, 2.45) is 35.5 Å². The van der Waals surface area contributed by atoms with Crippen LogP contribution in [0.15, 0.2) is 91.1 Å². The van der Waals surface area contributed by atoms with Gasteiger partial charge < -0.3 is 44.8 Å². The standard InChI is InChI=1S/C28H36O5.C26H34ClNO4S.C21H26O6/c1-18-13-22(14-19(2)23(18)11-12-29)7-9-24-25(27(31)17-26(24)30)16-21-6-4-5-20(15-21)8-10-28(32)33-3;1-3-4-10-22(29)18-8-5-7-17(14-18)12-13-19-20(23(30)15-21(19)27)9-6-11-25-28-16-24(33-25)26(31)32-2;22-11-10-16-6-2-1-5-15(16)8-9-18-17(19(23)13-20(18)24)7-3-4-12-27-14-21(25)26/h4-6,13-15,24-25,27,29,31H,7-12,16-17H2,1-3H3;5,7-8,14,16,19-22,29H,3-4,6,9-13,15H2,1-2H3;1-2,5-6,17-19,22-23H,7-14H2,(H,25,26)/t24-,25-,27?;19-,20-,21?,22?;17-,18-,19?/m111/s1. The highest BCUT2D eigenvalue weighted by atomic mass is 35.5. The highest BCUT2D eigenvalue weighted by Crippen LogP contribution is 2.41. The van der Waals surface area contributed by atoms with Gasteiger partial charge in [-0.2, -0.15) is 0 Å². The number of methoxy groups -OCH3 is 2. The van der Waals surface area contributed by atoms with Gasteiger partial charge in [-0.1, -0.05) is 111 Å². The van der Waals surface area contributed by atoms with Gasteiger partial charge in [-0.3, -0.25) is 19.2 Å². The Morgan fingerprint density at radius 1 is 0.667 bits per heavy atom. The number of aryl methyl sites for hydroxylation is 7. The lowest BCUT2D eigenvalue weighted by atomic mass is 9.83. The molecule has 3 saturated carbocycles. The SMILES string of the molecule is CCCCC(O)c1cccc(CC[C@H]2C(Cl)CC(=O)[C@@H]2CCCc2ncc(C(=O)OC)s2)c1.COC(=O)CCc1cccc(C[C@H]2C(O)CC(=O)[C@@H]2CCc2cc(C)c(CCO)c(C)c2)c1.O=C(O)COCC#CC[C@H]1C(O)CC(=O)[C@@H]1CCc1ccccc1CCO. The zero-order valence-electron chi connectivity index (χ0n) is 54.7. The average Bonchev–Trinajstić information content (AvgIpc) is 1.92. The summed E-state index contributed by atoms with van der Waals surface area (Å²) in [6, 6.07) is 28.4. The van der Waals surface area contributed by atoms with Crippen LogP contribution in [0.3, 0.4) is 0 Å². The molecule has 0 spiro atoms. The molecule has 1 aromatic heterocycles. The number of carboxylic acid groups (broad SMARTS) is 1. The van der Waals surface area contributed by atoms with E-state index in [1.165, 1.54) is 53.4 Å². The third-order valence-corrected chi connectivity index (χ3v) is 20.0. The first-order valence-corrected chi connectivity index (χ1v) is 34.2. The molecule has 0 saturated heterocycles. The van der Waals surface area contributed by atoms with Crippen LogP contribution in [-0.2, 0) is 89.5 Å². The van der Waals surface area contributed by atoms with E-state index in [4.69, 9.17) is 30.9 Å². The molecule has 5 aromatic rings. The second kappa shape index (κ2) is 39.4. The van der Waals surface area contributed by atoms with Gasteiger partial charge in [0.05, 0.1) is 43.7 Å². The molecule has 93 heavy (non-hydrogen) atoms. The Morgan fingerprint density at radius 3 is 1.95 bits per heavy atom. The summed E-state index contributed by atoms with van der Waals surface area (Å²) < 4.78 is 14.3. The summed E-state index contributed by atoms with van der Waals surface area (Å²) in [4.78, 5) is 75.9. The van der Waals surface area contributed by atoms with E-state index in [2.05, 4.69) is 67.9 Å². The number of benzene rings is 4. The number of aromatic nitrogens is 1. The maximum atomic E-state index is 12.7. The van der Waals surface area contributed by atoms with Crippen LogP contribution in [0.1, 0.15) is 167 Å². The van der Waals surface area contributed by atoms with Crippen LogP contribution < -0.4 is 0 Å². The summed E-state index contributed by atoms with van der Waals surface area (Å²) in [5.74, 6) is 3.91. The number of carbonyl (C=O) groups is 6. The molecule has 0 bridgehead atoms. The lowest BCUT2D eigenvalue weighted by Crippen LogP contribution is -2.23. The molecule has 4 unspecified atom stereocenters. The number of thiazole rings is 1. The summed E-state index contributed by atoms with van der Waals surface area (Å²) in [5, 5.41) is 59.0. The minimum absolute atomic E-state index is 0.0161. The van der Waals surface area contributed by atoms with E-state index in [0.29, 0.717) is 62.7 Å². The van der Waals surface area contributed by atoms with Crippen molar-refractivity contribution in [1.29, 1.82) is 0 Å². The number of unbranched alkanes of at least 4 members (excludes halogenated alkanes) is 1. The van der Waals surface area contributed by atoms with Crippen molar-refractivity contribution >= 4 is 58.2 Å². The quantitative estimate of drug-likeness (QED) is 0.0104. The molecule has 1 heterocycles. The van der Waals surface area contributed by atoms with Crippen molar-refractivity contribution in [2.75, 3.05) is 40.6 Å². The highest BCUT2D eigenvalue weighted by molar-refractivity contribution is 7.13. The topological polar surface area (TPSA) is 264 Å². The molecule has 6 N–H and O–H groups in total. The van der Waals surface area contributed by atoms with Gasteiger partial charge >= 0.3 is 17.9 Å². The highest BCUT2D eigenvalue weighted by Gasteiger charge is 2.43. The molecule has 18 heteroatoms. The summed E-state index contributed by atoms with van der Waals surface area (Å²) >= 11 is 7.95. The predicted molar refractivity (Wildman–Crippen MR) is 359 cm³/mol. The van der Waals surface area contributed by atoms with Gasteiger partial charge in [-0.15, -0.1) is 28.9 Å². The third kappa shape index (κ3) is 23.8. The number of aliphatic hydroxyl groups excluding tert-OH is 5. The number of carbonyl (C=O) groups excluding carboxylic acids is 5. The molecule has 4 aromatic carbocycles. The molecule has 16 nitrogen and oxygen atoms in total. The largest absolute Gasteiger partial charge is 0.480 e. The Balaban J connectivity index is 0.000000223. The number of nitrogens with zero attached hydrogens (tertiary/aromatic N) is 1. The number of ether oxygens (including phenoxy) is 3. The minimum Gasteiger partial charge on any atom is -0.480 e. The van der Waals surface area contributed by atoms with Gasteiger partial charge in [-0.05, 0) is 171 Å². The van der Waals surface area contributed by atoms with E-state index in [9.17, 15) is 54.3 Å². The van der Waals surface area contributed by atoms with Gasteiger partial charge in [-0.25, -0.2) is 14.6 Å². The van der Waals surface area contributed by atoms with Crippen LogP contribution in [-0.4, -0.2) is 129 Å². The molecular weight excluding hydrogens is 1220 g/mol. The van der Waals surface area contributed by atoms with Crippen LogP contribution in [0.25, 0.3) is 0 Å².